The molecule has 0 spiro atoms. The van der Waals surface area contributed by atoms with Crippen LogP contribution in [0.25, 0.3) is 0 Å². The SMILES string of the molecule is COCCNC(=O)C1(F)CCN(C(=O)CCC2CCCC2)CC1. The summed E-state index contributed by atoms with van der Waals surface area (Å²) in [6, 6.07) is 0. The van der Waals surface area contributed by atoms with Gasteiger partial charge in [0, 0.05) is 46.0 Å². The Kier molecular flexibility index (Phi) is 6.81. The standard InChI is InChI=1S/C17H29FN2O3/c1-23-13-10-19-16(22)17(18)8-11-20(12-9-17)15(21)7-6-14-4-2-3-5-14/h14H,2-13H2,1H3,(H,19,22). The molecule has 2 amide bonds. The Labute approximate surface area is 137 Å². The highest BCUT2D eigenvalue weighted by Crippen LogP contribution is 2.30. The highest BCUT2D eigenvalue weighted by atomic mass is 19.1. The first-order valence-corrected chi connectivity index (χ1v) is 8.79. The van der Waals surface area contributed by atoms with Crippen LogP contribution in [0.4, 0.5) is 4.39 Å². The zero-order chi connectivity index (χ0) is 16.7. The lowest BCUT2D eigenvalue weighted by molar-refractivity contribution is -0.142. The number of halogens is 1. The number of rotatable bonds is 7. The van der Waals surface area contributed by atoms with Crippen molar-refractivity contribution in [2.24, 2.45) is 5.92 Å². The van der Waals surface area contributed by atoms with Gasteiger partial charge in [0.25, 0.3) is 5.91 Å². The van der Waals surface area contributed by atoms with E-state index in [1.165, 1.54) is 32.8 Å². The van der Waals surface area contributed by atoms with Crippen molar-refractivity contribution in [2.45, 2.75) is 57.0 Å². The highest BCUT2D eigenvalue weighted by Gasteiger charge is 2.42. The number of alkyl halides is 1. The fourth-order valence-electron chi connectivity index (χ4n) is 3.55. The van der Waals surface area contributed by atoms with Crippen LogP contribution in [0.5, 0.6) is 0 Å². The quantitative estimate of drug-likeness (QED) is 0.728. The lowest BCUT2D eigenvalue weighted by atomic mass is 9.91. The van der Waals surface area contributed by atoms with Crippen LogP contribution >= 0.6 is 0 Å². The predicted molar refractivity (Wildman–Crippen MR) is 85.7 cm³/mol. The monoisotopic (exact) mass is 328 g/mol. The van der Waals surface area contributed by atoms with Crippen LogP contribution in [0.15, 0.2) is 0 Å². The van der Waals surface area contributed by atoms with Crippen molar-refractivity contribution in [3.05, 3.63) is 0 Å². The molecule has 0 aromatic carbocycles. The molecule has 1 aliphatic carbocycles. The molecular formula is C17H29FN2O3. The number of hydrogen-bond donors (Lipinski definition) is 1. The molecule has 1 aliphatic heterocycles. The Morgan fingerprint density at radius 3 is 2.52 bits per heavy atom. The van der Waals surface area contributed by atoms with Gasteiger partial charge in [0.1, 0.15) is 0 Å². The number of methoxy groups -OCH3 is 1. The van der Waals surface area contributed by atoms with Crippen LogP contribution in [0.2, 0.25) is 0 Å². The maximum absolute atomic E-state index is 14.7. The molecule has 132 valence electrons. The van der Waals surface area contributed by atoms with Gasteiger partial charge in [-0.05, 0) is 12.3 Å². The zero-order valence-electron chi connectivity index (χ0n) is 14.1. The number of nitrogens with zero attached hydrogens (tertiary/aromatic N) is 1. The van der Waals surface area contributed by atoms with Gasteiger partial charge in [0.2, 0.25) is 5.91 Å². The van der Waals surface area contributed by atoms with E-state index in [0.29, 0.717) is 38.6 Å². The number of ether oxygens (including phenoxy) is 1. The summed E-state index contributed by atoms with van der Waals surface area (Å²) >= 11 is 0. The maximum Gasteiger partial charge on any atom is 0.257 e. The van der Waals surface area contributed by atoms with Crippen molar-refractivity contribution in [3.8, 4) is 0 Å². The molecule has 0 bridgehead atoms. The number of nitrogens with one attached hydrogen (secondary N) is 1. The summed E-state index contributed by atoms with van der Waals surface area (Å²) in [5.41, 5.74) is -1.85. The minimum Gasteiger partial charge on any atom is -0.383 e. The van der Waals surface area contributed by atoms with Crippen LogP contribution < -0.4 is 5.32 Å². The van der Waals surface area contributed by atoms with Gasteiger partial charge in [-0.25, -0.2) is 4.39 Å². The van der Waals surface area contributed by atoms with Crippen LogP contribution in [0.1, 0.15) is 51.4 Å². The summed E-state index contributed by atoms with van der Waals surface area (Å²) in [5.74, 6) is 0.224. The summed E-state index contributed by atoms with van der Waals surface area (Å²) in [6.07, 6.45) is 6.72. The maximum atomic E-state index is 14.7. The van der Waals surface area contributed by atoms with Crippen LogP contribution in [0.3, 0.4) is 0 Å². The molecule has 2 rings (SSSR count). The van der Waals surface area contributed by atoms with E-state index in [4.69, 9.17) is 4.74 Å². The van der Waals surface area contributed by atoms with E-state index in [-0.39, 0.29) is 18.7 Å². The molecule has 23 heavy (non-hydrogen) atoms. The van der Waals surface area contributed by atoms with Gasteiger partial charge in [-0.1, -0.05) is 25.7 Å². The lowest BCUT2D eigenvalue weighted by Gasteiger charge is -2.35. The van der Waals surface area contributed by atoms with Crippen LogP contribution in [0, 0.1) is 5.92 Å². The minimum absolute atomic E-state index is 0.0843. The highest BCUT2D eigenvalue weighted by molar-refractivity contribution is 5.85. The second-order valence-corrected chi connectivity index (χ2v) is 6.78. The van der Waals surface area contributed by atoms with Gasteiger partial charge >= 0.3 is 0 Å². The third-order valence-electron chi connectivity index (χ3n) is 5.15. The molecule has 2 aliphatic rings. The number of hydrogen-bond acceptors (Lipinski definition) is 3. The lowest BCUT2D eigenvalue weighted by Crippen LogP contribution is -2.52. The second kappa shape index (κ2) is 8.62. The molecule has 5 nitrogen and oxygen atoms in total. The number of likely N-dealkylation sites (tertiary alicyclic amines) is 1. The second-order valence-electron chi connectivity index (χ2n) is 6.78. The molecule has 0 radical (unpaired) electrons. The Bertz CT molecular complexity index is 403. The van der Waals surface area contributed by atoms with Crippen molar-refractivity contribution in [1.29, 1.82) is 0 Å². The largest absolute Gasteiger partial charge is 0.383 e. The first kappa shape index (κ1) is 18.2. The topological polar surface area (TPSA) is 58.6 Å². The van der Waals surface area contributed by atoms with E-state index in [1.807, 2.05) is 0 Å². The zero-order valence-corrected chi connectivity index (χ0v) is 14.1. The van der Waals surface area contributed by atoms with Crippen molar-refractivity contribution < 1.29 is 18.7 Å². The number of carbonyl (C=O) groups excluding carboxylic acids is 2. The Balaban J connectivity index is 1.71. The van der Waals surface area contributed by atoms with Gasteiger partial charge in [-0.15, -0.1) is 0 Å². The summed E-state index contributed by atoms with van der Waals surface area (Å²) in [7, 11) is 1.53. The molecule has 2 fully saturated rings. The molecule has 0 aromatic heterocycles. The minimum atomic E-state index is -1.85. The number of amides is 2. The van der Waals surface area contributed by atoms with Crippen molar-refractivity contribution >= 4 is 11.8 Å². The molecule has 1 saturated heterocycles. The Morgan fingerprint density at radius 2 is 1.91 bits per heavy atom. The molecule has 6 heteroatoms. The van der Waals surface area contributed by atoms with Gasteiger partial charge in [-0.2, -0.15) is 0 Å². The van der Waals surface area contributed by atoms with Gasteiger partial charge in [0.15, 0.2) is 5.67 Å². The van der Waals surface area contributed by atoms with Crippen molar-refractivity contribution in [1.82, 2.24) is 10.2 Å². The van der Waals surface area contributed by atoms with E-state index in [0.717, 1.165) is 6.42 Å². The fraction of sp³-hybridized carbons (Fsp3) is 0.882. The molecule has 0 aromatic rings. The van der Waals surface area contributed by atoms with E-state index < -0.39 is 11.6 Å². The normalized spacial score (nSPS) is 21.4. The first-order chi connectivity index (χ1) is 11.0. The summed E-state index contributed by atoms with van der Waals surface area (Å²) in [4.78, 5) is 25.9. The number of piperidine rings is 1. The van der Waals surface area contributed by atoms with E-state index >= 15 is 0 Å². The number of carbonyl (C=O) groups is 2. The van der Waals surface area contributed by atoms with Gasteiger partial charge < -0.3 is 15.0 Å². The first-order valence-electron chi connectivity index (χ1n) is 8.79. The predicted octanol–water partition coefficient (Wildman–Crippen LogP) is 2.05. The van der Waals surface area contributed by atoms with Gasteiger partial charge in [-0.3, -0.25) is 9.59 Å². The van der Waals surface area contributed by atoms with Crippen LogP contribution in [-0.2, 0) is 14.3 Å². The molecule has 1 N–H and O–H groups in total. The van der Waals surface area contributed by atoms with Crippen molar-refractivity contribution in [2.75, 3.05) is 33.4 Å². The summed E-state index contributed by atoms with van der Waals surface area (Å²) < 4.78 is 19.5. The summed E-state index contributed by atoms with van der Waals surface area (Å²) in [5, 5.41) is 2.56. The fourth-order valence-corrected chi connectivity index (χ4v) is 3.55. The van der Waals surface area contributed by atoms with E-state index in [1.54, 1.807) is 4.90 Å². The summed E-state index contributed by atoms with van der Waals surface area (Å²) in [6.45, 7) is 1.34. The van der Waals surface area contributed by atoms with E-state index in [9.17, 15) is 14.0 Å². The Morgan fingerprint density at radius 1 is 1.26 bits per heavy atom. The molecule has 1 saturated carbocycles. The van der Waals surface area contributed by atoms with Crippen molar-refractivity contribution in [3.63, 3.8) is 0 Å². The molecule has 0 atom stereocenters. The average Bonchev–Trinajstić information content (AvgIpc) is 3.07. The van der Waals surface area contributed by atoms with Crippen LogP contribution in [-0.4, -0.2) is 55.7 Å². The molecule has 1 heterocycles. The molecular weight excluding hydrogens is 299 g/mol. The average molecular weight is 328 g/mol. The third kappa shape index (κ3) is 5.16. The molecule has 0 unspecified atom stereocenters. The van der Waals surface area contributed by atoms with Gasteiger partial charge in [0.05, 0.1) is 6.61 Å². The smallest absolute Gasteiger partial charge is 0.257 e. The Hall–Kier alpha value is -1.17. The van der Waals surface area contributed by atoms with E-state index in [2.05, 4.69) is 5.32 Å². The third-order valence-corrected chi connectivity index (χ3v) is 5.15.